The van der Waals surface area contributed by atoms with Gasteiger partial charge in [0.15, 0.2) is 16.7 Å². The lowest BCUT2D eigenvalue weighted by Crippen LogP contribution is -2.23. The molecule has 0 aliphatic carbocycles. The molecule has 0 bridgehead atoms. The molecule has 0 saturated heterocycles. The Labute approximate surface area is 118 Å². The number of amidine groups is 1. The Morgan fingerprint density at radius 2 is 2.20 bits per heavy atom. The predicted octanol–water partition coefficient (Wildman–Crippen LogP) is 1.52. The van der Waals surface area contributed by atoms with Crippen molar-refractivity contribution in [1.29, 1.82) is 0 Å². The van der Waals surface area contributed by atoms with Gasteiger partial charge in [0.2, 0.25) is 12.7 Å². The number of rotatable bonds is 1. The molecule has 2 heterocycles. The minimum atomic E-state index is -0.364. The lowest BCUT2D eigenvalue weighted by Gasteiger charge is -2.00. The third-order valence-corrected chi connectivity index (χ3v) is 3.50. The van der Waals surface area contributed by atoms with E-state index in [4.69, 9.17) is 9.47 Å². The van der Waals surface area contributed by atoms with Crippen LogP contribution in [0.2, 0.25) is 0 Å². The van der Waals surface area contributed by atoms with Gasteiger partial charge in [-0.15, -0.1) is 0 Å². The van der Waals surface area contributed by atoms with E-state index in [0.717, 1.165) is 17.3 Å². The molecule has 3 rings (SSSR count). The molecular formula is C13H10N2O4S. The summed E-state index contributed by atoms with van der Waals surface area (Å²) in [6.45, 7) is 1.58. The molecule has 20 heavy (non-hydrogen) atoms. The van der Waals surface area contributed by atoms with Crippen LogP contribution < -0.4 is 14.8 Å². The molecule has 1 aromatic carbocycles. The summed E-state index contributed by atoms with van der Waals surface area (Å²) in [6, 6.07) is 5.40. The van der Waals surface area contributed by atoms with Crippen molar-refractivity contribution >= 4 is 34.8 Å². The maximum atomic E-state index is 11.7. The standard InChI is InChI=1S/C13H10N2O4S/c1-7(16)14-13-15-12(17)11(20-13)5-8-2-3-9-10(4-8)19-6-18-9/h2-5H,6H2,1H3,(H,14,15,16,17). The highest BCUT2D eigenvalue weighted by Gasteiger charge is 2.23. The normalized spacial score (nSPS) is 18.4. The smallest absolute Gasteiger partial charge is 0.286 e. The summed E-state index contributed by atoms with van der Waals surface area (Å²) < 4.78 is 10.5. The molecule has 0 spiro atoms. The molecule has 102 valence electrons. The molecule has 1 N–H and O–H groups in total. The maximum absolute atomic E-state index is 11.7. The van der Waals surface area contributed by atoms with E-state index in [0.29, 0.717) is 21.6 Å². The monoisotopic (exact) mass is 290 g/mol. The summed E-state index contributed by atoms with van der Waals surface area (Å²) >= 11 is 1.13. The number of nitrogens with zero attached hydrogens (tertiary/aromatic N) is 1. The second-order valence-electron chi connectivity index (χ2n) is 4.13. The third-order valence-electron chi connectivity index (χ3n) is 2.60. The molecule has 2 aliphatic rings. The Morgan fingerprint density at radius 1 is 1.40 bits per heavy atom. The average molecular weight is 290 g/mol. The van der Waals surface area contributed by atoms with Gasteiger partial charge in [0.25, 0.3) is 5.91 Å². The van der Waals surface area contributed by atoms with E-state index in [1.807, 2.05) is 6.07 Å². The second-order valence-corrected chi connectivity index (χ2v) is 5.16. The molecule has 0 atom stereocenters. The predicted molar refractivity (Wildman–Crippen MR) is 74.4 cm³/mol. The Hall–Kier alpha value is -2.28. The van der Waals surface area contributed by atoms with Crippen LogP contribution >= 0.6 is 11.8 Å². The van der Waals surface area contributed by atoms with Crippen LogP contribution in [0, 0.1) is 0 Å². The highest BCUT2D eigenvalue weighted by Crippen LogP contribution is 2.34. The number of ether oxygens (including phenoxy) is 2. The first kappa shape index (κ1) is 12.7. The van der Waals surface area contributed by atoms with Crippen LogP contribution in [0.1, 0.15) is 12.5 Å². The Morgan fingerprint density at radius 3 is 3.00 bits per heavy atom. The van der Waals surface area contributed by atoms with Gasteiger partial charge in [0.05, 0.1) is 4.91 Å². The largest absolute Gasteiger partial charge is 0.454 e. The molecule has 0 fully saturated rings. The number of hydrogen-bond acceptors (Lipinski definition) is 5. The fourth-order valence-electron chi connectivity index (χ4n) is 1.77. The summed E-state index contributed by atoms with van der Waals surface area (Å²) in [5.74, 6) is 0.718. The van der Waals surface area contributed by atoms with Gasteiger partial charge in [-0.2, -0.15) is 4.99 Å². The average Bonchev–Trinajstić information content (AvgIpc) is 2.96. The van der Waals surface area contributed by atoms with Gasteiger partial charge in [-0.1, -0.05) is 6.07 Å². The van der Waals surface area contributed by atoms with E-state index in [1.54, 1.807) is 18.2 Å². The number of carbonyl (C=O) groups excluding carboxylic acids is 2. The number of benzene rings is 1. The Bertz CT molecular complexity index is 666. The van der Waals surface area contributed by atoms with Gasteiger partial charge >= 0.3 is 0 Å². The first-order chi connectivity index (χ1) is 9.61. The molecule has 0 unspecified atom stereocenters. The van der Waals surface area contributed by atoms with Crippen LogP contribution in [0.15, 0.2) is 28.1 Å². The summed E-state index contributed by atoms with van der Waals surface area (Å²) in [7, 11) is 0. The van der Waals surface area contributed by atoms with E-state index >= 15 is 0 Å². The summed E-state index contributed by atoms with van der Waals surface area (Å²) in [6.07, 6.45) is 1.70. The summed E-state index contributed by atoms with van der Waals surface area (Å²) in [4.78, 5) is 26.9. The zero-order valence-electron chi connectivity index (χ0n) is 10.5. The van der Waals surface area contributed by atoms with Gasteiger partial charge in [-0.05, 0) is 35.5 Å². The Balaban J connectivity index is 1.80. The molecule has 7 heteroatoms. The molecule has 0 saturated carbocycles. The number of nitrogens with one attached hydrogen (secondary N) is 1. The van der Waals surface area contributed by atoms with Gasteiger partial charge < -0.3 is 14.8 Å². The fourth-order valence-corrected chi connectivity index (χ4v) is 2.63. The number of carbonyl (C=O) groups is 2. The van der Waals surface area contributed by atoms with Crippen LogP contribution in [0.25, 0.3) is 6.08 Å². The van der Waals surface area contributed by atoms with Crippen molar-refractivity contribution in [3.05, 3.63) is 28.7 Å². The zero-order chi connectivity index (χ0) is 14.1. The number of fused-ring (bicyclic) bond motifs is 1. The van der Waals surface area contributed by atoms with Crippen molar-refractivity contribution in [1.82, 2.24) is 5.32 Å². The van der Waals surface area contributed by atoms with Crippen LogP contribution in [-0.4, -0.2) is 23.8 Å². The molecular weight excluding hydrogens is 280 g/mol. The molecule has 2 aliphatic heterocycles. The lowest BCUT2D eigenvalue weighted by molar-refractivity contribution is -0.117. The van der Waals surface area contributed by atoms with Crippen molar-refractivity contribution in [3.8, 4) is 11.5 Å². The van der Waals surface area contributed by atoms with E-state index in [-0.39, 0.29) is 18.6 Å². The molecule has 1 aromatic rings. The minimum Gasteiger partial charge on any atom is -0.454 e. The van der Waals surface area contributed by atoms with Crippen molar-refractivity contribution in [2.75, 3.05) is 6.79 Å². The summed E-state index contributed by atoms with van der Waals surface area (Å²) in [5, 5.41) is 2.80. The maximum Gasteiger partial charge on any atom is 0.286 e. The van der Waals surface area contributed by atoms with Gasteiger partial charge in [-0.3, -0.25) is 9.59 Å². The molecule has 2 amide bonds. The number of hydrogen-bond donors (Lipinski definition) is 1. The van der Waals surface area contributed by atoms with Crippen molar-refractivity contribution < 1.29 is 19.1 Å². The van der Waals surface area contributed by atoms with Gasteiger partial charge in [0.1, 0.15) is 0 Å². The minimum absolute atomic E-state index is 0.207. The van der Waals surface area contributed by atoms with Crippen molar-refractivity contribution in [2.24, 2.45) is 4.99 Å². The Kier molecular flexibility index (Phi) is 3.19. The fraction of sp³-hybridized carbons (Fsp3) is 0.154. The molecule has 0 radical (unpaired) electrons. The number of aliphatic imine (C=N–C) groups is 1. The first-order valence-electron chi connectivity index (χ1n) is 5.81. The SMILES string of the molecule is CC(=O)NC1=NC(=O)C(=Cc2ccc3c(c2)OCO3)S1. The van der Waals surface area contributed by atoms with Gasteiger partial charge in [-0.25, -0.2) is 0 Å². The quantitative estimate of drug-likeness (QED) is 0.794. The highest BCUT2D eigenvalue weighted by atomic mass is 32.2. The van der Waals surface area contributed by atoms with E-state index in [9.17, 15) is 9.59 Å². The third kappa shape index (κ3) is 2.53. The van der Waals surface area contributed by atoms with E-state index < -0.39 is 0 Å². The van der Waals surface area contributed by atoms with Crippen LogP contribution in [0.4, 0.5) is 0 Å². The van der Waals surface area contributed by atoms with E-state index in [2.05, 4.69) is 10.3 Å². The highest BCUT2D eigenvalue weighted by molar-refractivity contribution is 8.18. The number of amides is 2. The number of thioether (sulfide) groups is 1. The second kappa shape index (κ2) is 5.01. The van der Waals surface area contributed by atoms with Crippen molar-refractivity contribution in [3.63, 3.8) is 0 Å². The zero-order valence-corrected chi connectivity index (χ0v) is 11.3. The first-order valence-corrected chi connectivity index (χ1v) is 6.63. The van der Waals surface area contributed by atoms with Crippen LogP contribution in [-0.2, 0) is 9.59 Å². The summed E-state index contributed by atoms with van der Waals surface area (Å²) in [5.41, 5.74) is 0.810. The van der Waals surface area contributed by atoms with Gasteiger partial charge in [0, 0.05) is 6.92 Å². The lowest BCUT2D eigenvalue weighted by atomic mass is 10.2. The topological polar surface area (TPSA) is 77.0 Å². The van der Waals surface area contributed by atoms with Crippen LogP contribution in [0.3, 0.4) is 0 Å². The molecule has 0 aromatic heterocycles. The van der Waals surface area contributed by atoms with Crippen LogP contribution in [0.5, 0.6) is 11.5 Å². The molecule has 6 nitrogen and oxygen atoms in total. The van der Waals surface area contributed by atoms with E-state index in [1.165, 1.54) is 6.92 Å². The van der Waals surface area contributed by atoms with Crippen molar-refractivity contribution in [2.45, 2.75) is 6.92 Å².